The summed E-state index contributed by atoms with van der Waals surface area (Å²) in [6.07, 6.45) is 3.73. The molecule has 7 aromatic carbocycles. The quantitative estimate of drug-likeness (QED) is 0.180. The summed E-state index contributed by atoms with van der Waals surface area (Å²) in [5.74, 6) is 0. The Kier molecular flexibility index (Phi) is 6.35. The largest absolute Gasteiger partial charge is 0.456 e. The molecule has 13 rings (SSSR count). The minimum absolute atomic E-state index is 0.858. The van der Waals surface area contributed by atoms with Crippen LogP contribution in [0.2, 0.25) is 0 Å². The van der Waals surface area contributed by atoms with Gasteiger partial charge in [-0.3, -0.25) is 9.97 Å². The van der Waals surface area contributed by atoms with E-state index in [1.165, 1.54) is 0 Å². The molecule has 0 radical (unpaired) electrons. The molecule has 0 aliphatic carbocycles. The van der Waals surface area contributed by atoms with Gasteiger partial charge in [0.15, 0.2) is 0 Å². The molecule has 6 nitrogen and oxygen atoms in total. The lowest BCUT2D eigenvalue weighted by Gasteiger charge is -2.11. The van der Waals surface area contributed by atoms with Crippen molar-refractivity contribution in [3.63, 3.8) is 0 Å². The van der Waals surface area contributed by atoms with Crippen molar-refractivity contribution in [2.24, 2.45) is 0 Å². The number of hydrogen-bond donors (Lipinski definition) is 0. The molecular formula is C52H30N4O2. The molecule has 0 fully saturated rings. The van der Waals surface area contributed by atoms with Crippen LogP contribution in [0.15, 0.2) is 191 Å². The maximum Gasteiger partial charge on any atom is 0.135 e. The highest BCUT2D eigenvalue weighted by molar-refractivity contribution is 6.12. The summed E-state index contributed by atoms with van der Waals surface area (Å²) >= 11 is 0. The first kappa shape index (κ1) is 31.3. The molecule has 13 aromatic rings. The van der Waals surface area contributed by atoms with Gasteiger partial charge >= 0.3 is 0 Å². The molecule has 6 heteroatoms. The Labute approximate surface area is 330 Å². The van der Waals surface area contributed by atoms with Crippen LogP contribution in [0.4, 0.5) is 0 Å². The average molecular weight is 743 g/mol. The fourth-order valence-corrected chi connectivity index (χ4v) is 9.25. The van der Waals surface area contributed by atoms with Crippen LogP contribution in [-0.2, 0) is 0 Å². The van der Waals surface area contributed by atoms with Crippen LogP contribution in [-0.4, -0.2) is 19.1 Å². The van der Waals surface area contributed by atoms with Gasteiger partial charge in [-0.15, -0.1) is 0 Å². The Morgan fingerprint density at radius 1 is 0.328 bits per heavy atom. The topological polar surface area (TPSA) is 61.9 Å². The summed E-state index contributed by atoms with van der Waals surface area (Å²) in [7, 11) is 0. The second-order valence-corrected chi connectivity index (χ2v) is 15.0. The van der Waals surface area contributed by atoms with Crippen LogP contribution in [0.5, 0.6) is 0 Å². The molecule has 0 atom stereocenters. The molecule has 270 valence electrons. The van der Waals surface area contributed by atoms with Crippen LogP contribution in [0, 0.1) is 0 Å². The van der Waals surface area contributed by atoms with E-state index >= 15 is 0 Å². The predicted molar refractivity (Wildman–Crippen MR) is 236 cm³/mol. The second-order valence-electron chi connectivity index (χ2n) is 15.0. The van der Waals surface area contributed by atoms with Gasteiger partial charge in [-0.05, 0) is 119 Å². The normalized spacial score (nSPS) is 12.1. The molecule has 0 N–H and O–H groups in total. The Morgan fingerprint density at radius 2 is 0.724 bits per heavy atom. The van der Waals surface area contributed by atoms with Crippen molar-refractivity contribution in [3.8, 4) is 33.6 Å². The number of pyridine rings is 2. The van der Waals surface area contributed by atoms with Crippen molar-refractivity contribution in [1.29, 1.82) is 0 Å². The Hall–Kier alpha value is -7.96. The van der Waals surface area contributed by atoms with Crippen LogP contribution in [0.25, 0.3) is 121 Å². The zero-order valence-corrected chi connectivity index (χ0v) is 30.9. The number of para-hydroxylation sites is 2. The minimum Gasteiger partial charge on any atom is -0.456 e. The monoisotopic (exact) mass is 742 g/mol. The van der Waals surface area contributed by atoms with Gasteiger partial charge in [0.25, 0.3) is 0 Å². The first-order chi connectivity index (χ1) is 28.7. The maximum atomic E-state index is 6.43. The Bertz CT molecular complexity index is 3470. The Morgan fingerprint density at radius 3 is 1.21 bits per heavy atom. The van der Waals surface area contributed by atoms with Crippen molar-refractivity contribution in [1.82, 2.24) is 19.1 Å². The molecule has 0 bridgehead atoms. The molecular weight excluding hydrogens is 713 g/mol. The zero-order valence-electron chi connectivity index (χ0n) is 30.9. The van der Waals surface area contributed by atoms with E-state index in [0.717, 1.165) is 121 Å². The van der Waals surface area contributed by atoms with Crippen molar-refractivity contribution < 1.29 is 8.83 Å². The summed E-state index contributed by atoms with van der Waals surface area (Å²) in [5, 5.41) is 6.57. The molecule has 6 heterocycles. The van der Waals surface area contributed by atoms with Gasteiger partial charge in [0.2, 0.25) is 0 Å². The number of nitrogens with zero attached hydrogens (tertiary/aromatic N) is 4. The van der Waals surface area contributed by atoms with Crippen LogP contribution >= 0.6 is 0 Å². The van der Waals surface area contributed by atoms with E-state index in [1.807, 2.05) is 24.5 Å². The first-order valence-electron chi connectivity index (χ1n) is 19.5. The molecule has 0 aliphatic rings. The fourth-order valence-electron chi connectivity index (χ4n) is 9.25. The van der Waals surface area contributed by atoms with Gasteiger partial charge in [0, 0.05) is 56.1 Å². The number of rotatable bonds is 4. The number of fused-ring (bicyclic) bond motifs is 12. The maximum absolute atomic E-state index is 6.43. The van der Waals surface area contributed by atoms with Gasteiger partial charge in [0.1, 0.15) is 22.3 Å². The van der Waals surface area contributed by atoms with E-state index < -0.39 is 0 Å². The zero-order chi connectivity index (χ0) is 37.9. The molecule has 0 amide bonds. The second kappa shape index (κ2) is 11.8. The van der Waals surface area contributed by atoms with Gasteiger partial charge < -0.3 is 18.0 Å². The molecule has 6 aromatic heterocycles. The summed E-state index contributed by atoms with van der Waals surface area (Å²) in [6.45, 7) is 0. The predicted octanol–water partition coefficient (Wildman–Crippen LogP) is 13.8. The fraction of sp³-hybridized carbons (Fsp3) is 0. The summed E-state index contributed by atoms with van der Waals surface area (Å²) < 4.78 is 17.5. The summed E-state index contributed by atoms with van der Waals surface area (Å²) in [5.41, 5.74) is 16.5. The van der Waals surface area contributed by atoms with Gasteiger partial charge in [-0.1, -0.05) is 72.8 Å². The third kappa shape index (κ3) is 4.42. The number of furan rings is 2. The number of hydrogen-bond acceptors (Lipinski definition) is 4. The van der Waals surface area contributed by atoms with Crippen LogP contribution in [0.3, 0.4) is 0 Å². The highest BCUT2D eigenvalue weighted by atomic mass is 16.3. The van der Waals surface area contributed by atoms with Gasteiger partial charge in [0.05, 0.1) is 33.1 Å². The highest BCUT2D eigenvalue weighted by Gasteiger charge is 2.18. The molecule has 0 spiro atoms. The van der Waals surface area contributed by atoms with E-state index in [-0.39, 0.29) is 0 Å². The lowest BCUT2D eigenvalue weighted by atomic mass is 9.93. The molecule has 0 saturated heterocycles. The molecule has 0 unspecified atom stereocenters. The minimum atomic E-state index is 0.858. The summed E-state index contributed by atoms with van der Waals surface area (Å²) in [4.78, 5) is 9.50. The van der Waals surface area contributed by atoms with Crippen molar-refractivity contribution >= 4 is 87.7 Å². The van der Waals surface area contributed by atoms with Crippen LogP contribution < -0.4 is 0 Å². The van der Waals surface area contributed by atoms with E-state index in [2.05, 4.69) is 167 Å². The van der Waals surface area contributed by atoms with E-state index in [0.29, 0.717) is 0 Å². The third-order valence-electron chi connectivity index (χ3n) is 11.8. The molecule has 58 heavy (non-hydrogen) atoms. The lowest BCUT2D eigenvalue weighted by Crippen LogP contribution is -1.93. The standard InChI is InChI=1S/C52H30N4O2/c1-2-10-36(32-18-22-48-40(28-32)42-30-34(20-24-50(42)58-48)56-44-14-6-4-12-38(44)52-46(56)16-8-26-54-52)35(9-1)31-17-21-47-39(27-31)41-29-33(19-23-49(41)57-47)55-43-13-5-3-11-37(43)51-45(55)15-7-25-53-51/h1-30H. The van der Waals surface area contributed by atoms with E-state index in [1.54, 1.807) is 0 Å². The Balaban J connectivity index is 0.948. The lowest BCUT2D eigenvalue weighted by molar-refractivity contribution is 0.668. The van der Waals surface area contributed by atoms with Crippen molar-refractivity contribution in [2.75, 3.05) is 0 Å². The van der Waals surface area contributed by atoms with Crippen molar-refractivity contribution in [2.45, 2.75) is 0 Å². The highest BCUT2D eigenvalue weighted by Crippen LogP contribution is 2.41. The third-order valence-corrected chi connectivity index (χ3v) is 11.8. The van der Waals surface area contributed by atoms with E-state index in [9.17, 15) is 0 Å². The smallest absolute Gasteiger partial charge is 0.135 e. The van der Waals surface area contributed by atoms with Gasteiger partial charge in [-0.25, -0.2) is 0 Å². The number of benzene rings is 7. The molecule has 0 saturated carbocycles. The molecule has 0 aliphatic heterocycles. The van der Waals surface area contributed by atoms with Crippen LogP contribution in [0.1, 0.15) is 0 Å². The number of aromatic nitrogens is 4. The summed E-state index contributed by atoms with van der Waals surface area (Å²) in [6, 6.07) is 59.9. The first-order valence-corrected chi connectivity index (χ1v) is 19.5. The van der Waals surface area contributed by atoms with E-state index in [4.69, 9.17) is 18.8 Å². The average Bonchev–Trinajstić information content (AvgIpc) is 4.03. The van der Waals surface area contributed by atoms with Crippen molar-refractivity contribution in [3.05, 3.63) is 182 Å². The van der Waals surface area contributed by atoms with Gasteiger partial charge in [-0.2, -0.15) is 0 Å². The SMILES string of the molecule is c1ccc(-c2ccc3oc4ccc(-n5c6ccccc6c6ncccc65)cc4c3c2)c(-c2ccc3oc4ccc(-n5c6ccccc6c6ncccc65)cc4c3c2)c1.